The van der Waals surface area contributed by atoms with Crippen LogP contribution in [-0.4, -0.2) is 67.3 Å². The van der Waals surface area contributed by atoms with Gasteiger partial charge in [-0.1, -0.05) is 79.2 Å². The number of hydrogen-bond acceptors (Lipinski definition) is 9. The molecule has 3 aromatic rings. The molecule has 7 atom stereocenters. The second kappa shape index (κ2) is 23.2. The third kappa shape index (κ3) is 13.1. The van der Waals surface area contributed by atoms with Gasteiger partial charge in [0, 0.05) is 31.8 Å². The molecule has 9 heteroatoms. The molecule has 4 aliphatic rings. The van der Waals surface area contributed by atoms with E-state index in [9.17, 15) is 19.8 Å². The largest absolute Gasteiger partial charge is 0.504 e. The number of nitrogens with two attached hydrogens (primary N) is 1. The zero-order valence-electron chi connectivity index (χ0n) is 37.3. The van der Waals surface area contributed by atoms with E-state index >= 15 is 0 Å². The minimum Gasteiger partial charge on any atom is -0.504 e. The Labute approximate surface area is 375 Å². The monoisotopic (exact) mass is 855 g/mol. The molecule has 9 nitrogen and oxygen atoms in total. The zero-order chi connectivity index (χ0) is 44.0. The number of nitrogens with one attached hydrogen (secondary N) is 3. The van der Waals surface area contributed by atoms with Gasteiger partial charge in [-0.15, -0.1) is 0 Å². The number of aryl methyl sites for hydroxylation is 3. The molecule has 3 aromatic carbocycles. The number of hydrogen-bond donors (Lipinski definition) is 6. The van der Waals surface area contributed by atoms with Gasteiger partial charge in [-0.2, -0.15) is 0 Å². The fourth-order valence-electron chi connectivity index (χ4n) is 10.9. The Kier molecular flexibility index (Phi) is 17.0. The van der Waals surface area contributed by atoms with Crippen molar-refractivity contribution >= 4 is 17.6 Å². The van der Waals surface area contributed by atoms with Crippen molar-refractivity contribution in [1.29, 1.82) is 0 Å². The van der Waals surface area contributed by atoms with Gasteiger partial charge in [0.2, 0.25) is 0 Å². The number of dihydropyridines is 1. The molecule has 336 valence electrons. The van der Waals surface area contributed by atoms with Crippen molar-refractivity contribution in [1.82, 2.24) is 16.0 Å². The molecule has 1 saturated heterocycles. The maximum Gasteiger partial charge on any atom is 0.163 e. The number of piperidine rings is 1. The molecule has 0 radical (unpaired) electrons. The summed E-state index contributed by atoms with van der Waals surface area (Å²) in [6, 6.07) is 23.3. The van der Waals surface area contributed by atoms with Crippen molar-refractivity contribution in [3.8, 4) is 11.5 Å². The summed E-state index contributed by atoms with van der Waals surface area (Å²) < 4.78 is 5.46. The highest BCUT2D eigenvalue weighted by Crippen LogP contribution is 2.46. The number of aromatic hydroxyl groups is 1. The van der Waals surface area contributed by atoms with E-state index < -0.39 is 0 Å². The lowest BCUT2D eigenvalue weighted by Crippen LogP contribution is -2.56. The Bertz CT molecular complexity index is 2110. The molecule has 7 N–H and O–H groups in total. The lowest BCUT2D eigenvalue weighted by atomic mass is 9.60. The molecule has 1 unspecified atom stereocenters. The lowest BCUT2D eigenvalue weighted by molar-refractivity contribution is -0.124. The zero-order valence-corrected chi connectivity index (χ0v) is 37.3. The molecule has 0 amide bonds. The predicted molar refractivity (Wildman–Crippen MR) is 253 cm³/mol. The van der Waals surface area contributed by atoms with E-state index in [1.807, 2.05) is 6.20 Å². The molecule has 7 rings (SSSR count). The van der Waals surface area contributed by atoms with Crippen LogP contribution in [0.25, 0.3) is 6.08 Å². The summed E-state index contributed by atoms with van der Waals surface area (Å²) >= 11 is 0. The Hall–Kier alpha value is -4.80. The van der Waals surface area contributed by atoms with Crippen molar-refractivity contribution in [2.45, 2.75) is 102 Å². The van der Waals surface area contributed by atoms with Gasteiger partial charge in [-0.05, 0) is 177 Å². The molecule has 0 spiro atoms. The molecular weight excluding hydrogens is 785 g/mol. The highest BCUT2D eigenvalue weighted by molar-refractivity contribution is 6.06. The van der Waals surface area contributed by atoms with E-state index in [0.29, 0.717) is 54.2 Å². The summed E-state index contributed by atoms with van der Waals surface area (Å²) in [7, 11) is 1.51. The average Bonchev–Trinajstić information content (AvgIpc) is 3.30. The Balaban J connectivity index is 0.941. The molecule has 0 bridgehead atoms. The number of Topliss-reactive ketones (excluding diaryl/α,β-unsaturated/α-hetero) is 1. The smallest absolute Gasteiger partial charge is 0.163 e. The minimum absolute atomic E-state index is 0.0214. The number of carbonyl (C=O) groups excluding carboxylic acids is 2. The average molecular weight is 855 g/mol. The van der Waals surface area contributed by atoms with Crippen LogP contribution in [0.3, 0.4) is 0 Å². The molecule has 3 heterocycles. The molecular formula is C54H70N4O5. The first kappa shape index (κ1) is 46.2. The highest BCUT2D eigenvalue weighted by Gasteiger charge is 2.45. The molecule has 2 fully saturated rings. The van der Waals surface area contributed by atoms with E-state index in [1.54, 1.807) is 18.2 Å². The number of phenols is 1. The highest BCUT2D eigenvalue weighted by atomic mass is 16.5. The lowest BCUT2D eigenvalue weighted by Gasteiger charge is -2.51. The number of rotatable bonds is 22. The van der Waals surface area contributed by atoms with Crippen LogP contribution in [0.1, 0.15) is 92.0 Å². The van der Waals surface area contributed by atoms with E-state index in [4.69, 9.17) is 10.5 Å². The molecule has 63 heavy (non-hydrogen) atoms. The van der Waals surface area contributed by atoms with E-state index in [0.717, 1.165) is 99.7 Å². The molecule has 1 aliphatic carbocycles. The van der Waals surface area contributed by atoms with Crippen LogP contribution in [0.5, 0.6) is 11.5 Å². The van der Waals surface area contributed by atoms with E-state index in [2.05, 4.69) is 88.8 Å². The van der Waals surface area contributed by atoms with Crippen molar-refractivity contribution < 1.29 is 24.5 Å². The SMILES string of the molecule is COc1cc(/C=C/C(=O)CC(=O)CCC[C@H](CCCO)C[C@H]2[C@H]3CCNC[C@H]3C[C@@H]3C=CCN[C@@H]23)c(CC2=CNC(N)C=C2CCc2cccc(CCc3ccccc3)c2)cc1O. The summed E-state index contributed by atoms with van der Waals surface area (Å²) in [5.74, 6) is 3.07. The minimum atomic E-state index is -0.301. The summed E-state index contributed by atoms with van der Waals surface area (Å²) in [6.07, 6.45) is 23.1. The van der Waals surface area contributed by atoms with Crippen LogP contribution in [0.2, 0.25) is 0 Å². The third-order valence-corrected chi connectivity index (χ3v) is 14.1. The summed E-state index contributed by atoms with van der Waals surface area (Å²) in [6.45, 7) is 3.31. The van der Waals surface area contributed by atoms with Crippen molar-refractivity contribution in [2.75, 3.05) is 33.4 Å². The van der Waals surface area contributed by atoms with Gasteiger partial charge in [0.25, 0.3) is 0 Å². The fraction of sp³-hybridized carbons (Fsp3) is 0.481. The van der Waals surface area contributed by atoms with Crippen molar-refractivity contribution in [3.05, 3.63) is 136 Å². The number of aliphatic hydroxyl groups is 1. The van der Waals surface area contributed by atoms with Crippen molar-refractivity contribution in [3.63, 3.8) is 0 Å². The predicted octanol–water partition coefficient (Wildman–Crippen LogP) is 7.94. The number of ketones is 2. The summed E-state index contributed by atoms with van der Waals surface area (Å²) in [5.41, 5.74) is 14.0. The van der Waals surface area contributed by atoms with Crippen LogP contribution in [0.4, 0.5) is 0 Å². The van der Waals surface area contributed by atoms with Crippen LogP contribution in [0, 0.1) is 29.6 Å². The molecule has 3 aliphatic heterocycles. The first-order valence-electron chi connectivity index (χ1n) is 23.6. The number of carbonyl (C=O) groups is 2. The number of methoxy groups -OCH3 is 1. The maximum absolute atomic E-state index is 13.3. The van der Waals surface area contributed by atoms with Crippen LogP contribution < -0.4 is 26.4 Å². The Morgan fingerprint density at radius 1 is 0.952 bits per heavy atom. The Morgan fingerprint density at radius 2 is 1.73 bits per heavy atom. The molecule has 0 aromatic heterocycles. The summed E-state index contributed by atoms with van der Waals surface area (Å²) in [5, 5.41) is 31.4. The van der Waals surface area contributed by atoms with Gasteiger partial charge in [0.1, 0.15) is 5.78 Å². The first-order valence-corrected chi connectivity index (χ1v) is 23.6. The summed E-state index contributed by atoms with van der Waals surface area (Å²) in [4.78, 5) is 26.5. The number of benzene rings is 3. The topological polar surface area (TPSA) is 146 Å². The standard InChI is InChI=1S/C54H70N4O5/c1-63-52-32-41(44(31-51(52)62)30-45-36-58-53(55)33-42(45)20-19-40-12-5-11-39(27-40)18-17-37-9-3-2-4-10-37)21-22-48(61)34-47(60)16-6-13-38(14-8-26-59)28-50-49-23-25-56-35-46(49)29-43-15-7-24-57-54(43)50/h2-5,7,9-12,15,21-22,27,31-33,36,38,43,46,49-50,53-54,56-59,62H,6,8,13-14,16-20,23-26,28-30,34-35,55H2,1H3/b22-21+/t38-,43+,46-,49+,50+,53?,54-/m1/s1. The number of aliphatic hydroxyl groups excluding tert-OH is 1. The van der Waals surface area contributed by atoms with E-state index in [-0.39, 0.29) is 36.5 Å². The fourth-order valence-corrected chi connectivity index (χ4v) is 10.9. The third-order valence-electron chi connectivity index (χ3n) is 14.1. The second-order valence-electron chi connectivity index (χ2n) is 18.5. The van der Waals surface area contributed by atoms with Gasteiger partial charge in [0.15, 0.2) is 17.3 Å². The van der Waals surface area contributed by atoms with Crippen molar-refractivity contribution in [2.24, 2.45) is 35.3 Å². The van der Waals surface area contributed by atoms with Gasteiger partial charge in [-0.3, -0.25) is 9.59 Å². The number of allylic oxidation sites excluding steroid dienone is 3. The van der Waals surface area contributed by atoms with Gasteiger partial charge >= 0.3 is 0 Å². The van der Waals surface area contributed by atoms with Crippen LogP contribution in [0.15, 0.2) is 108 Å². The van der Waals surface area contributed by atoms with Gasteiger partial charge < -0.3 is 36.6 Å². The van der Waals surface area contributed by atoms with E-state index in [1.165, 1.54) is 42.7 Å². The van der Waals surface area contributed by atoms with Crippen LogP contribution in [-0.2, 0) is 35.3 Å². The maximum atomic E-state index is 13.3. The number of ether oxygens (including phenoxy) is 1. The van der Waals surface area contributed by atoms with Gasteiger partial charge in [0.05, 0.1) is 19.7 Å². The molecule has 1 saturated carbocycles. The van der Waals surface area contributed by atoms with Crippen LogP contribution >= 0.6 is 0 Å². The number of fused-ring (bicyclic) bond motifs is 2. The normalized spacial score (nSPS) is 23.5. The second-order valence-corrected chi connectivity index (χ2v) is 18.5. The quantitative estimate of drug-likeness (QED) is 0.0337. The first-order chi connectivity index (χ1) is 30.8. The Morgan fingerprint density at radius 3 is 2.54 bits per heavy atom. The van der Waals surface area contributed by atoms with Gasteiger partial charge in [-0.25, -0.2) is 0 Å². The number of phenolic OH excluding ortho intramolecular Hbond substituents is 1.